The van der Waals surface area contributed by atoms with Gasteiger partial charge < -0.3 is 5.32 Å². The van der Waals surface area contributed by atoms with E-state index in [0.29, 0.717) is 6.04 Å². The fourth-order valence-corrected chi connectivity index (χ4v) is 4.15. The number of hydrogen-bond acceptors (Lipinski definition) is 3. The third-order valence-electron chi connectivity index (χ3n) is 3.45. The molecule has 1 saturated carbocycles. The number of nitrogens with one attached hydrogen (secondary N) is 1. The normalized spacial score (nSPS) is 27.1. The van der Waals surface area contributed by atoms with Crippen molar-refractivity contribution in [2.24, 2.45) is 0 Å². The SMILES string of the molecule is CCC(NC1CCC(SC)C1)c1cccs1. The molecule has 1 N–H and O–H groups in total. The summed E-state index contributed by atoms with van der Waals surface area (Å²) in [5.41, 5.74) is 0. The predicted octanol–water partition coefficient (Wildman–Crippen LogP) is 4.07. The predicted molar refractivity (Wildman–Crippen MR) is 75.4 cm³/mol. The van der Waals surface area contributed by atoms with E-state index in [-0.39, 0.29) is 0 Å². The number of hydrogen-bond donors (Lipinski definition) is 1. The average molecular weight is 255 g/mol. The Bertz CT molecular complexity index is 297. The number of thiophene rings is 1. The molecule has 0 saturated heterocycles. The van der Waals surface area contributed by atoms with Crippen LogP contribution in [-0.4, -0.2) is 17.5 Å². The second kappa shape index (κ2) is 6.08. The fourth-order valence-electron chi connectivity index (χ4n) is 2.48. The van der Waals surface area contributed by atoms with E-state index in [2.05, 4.69) is 36.0 Å². The summed E-state index contributed by atoms with van der Waals surface area (Å²) in [4.78, 5) is 1.50. The largest absolute Gasteiger partial charge is 0.306 e. The standard InChI is InChI=1S/C13H21NS2/c1-3-12(13-5-4-8-16-13)14-10-6-7-11(9-10)15-2/h4-5,8,10-12,14H,3,6-7,9H2,1-2H3. The van der Waals surface area contributed by atoms with E-state index >= 15 is 0 Å². The summed E-state index contributed by atoms with van der Waals surface area (Å²) in [7, 11) is 0. The highest BCUT2D eigenvalue weighted by Crippen LogP contribution is 2.31. The molecule has 1 nitrogen and oxygen atoms in total. The Balaban J connectivity index is 1.88. The van der Waals surface area contributed by atoms with Crippen molar-refractivity contribution >= 4 is 23.1 Å². The third-order valence-corrected chi connectivity index (χ3v) is 5.53. The highest BCUT2D eigenvalue weighted by atomic mass is 32.2. The minimum Gasteiger partial charge on any atom is -0.306 e. The molecule has 90 valence electrons. The minimum absolute atomic E-state index is 0.575. The molecule has 1 aliphatic rings. The molecular formula is C13H21NS2. The van der Waals surface area contributed by atoms with Crippen molar-refractivity contribution in [3.63, 3.8) is 0 Å². The van der Waals surface area contributed by atoms with Crippen LogP contribution < -0.4 is 5.32 Å². The Morgan fingerprint density at radius 1 is 1.56 bits per heavy atom. The molecule has 3 heteroatoms. The van der Waals surface area contributed by atoms with Gasteiger partial charge in [0, 0.05) is 22.2 Å². The van der Waals surface area contributed by atoms with Crippen LogP contribution in [-0.2, 0) is 0 Å². The van der Waals surface area contributed by atoms with Crippen LogP contribution in [0.15, 0.2) is 17.5 Å². The van der Waals surface area contributed by atoms with Crippen LogP contribution in [0.4, 0.5) is 0 Å². The van der Waals surface area contributed by atoms with Gasteiger partial charge in [-0.2, -0.15) is 11.8 Å². The van der Waals surface area contributed by atoms with E-state index in [1.54, 1.807) is 0 Å². The van der Waals surface area contributed by atoms with E-state index in [0.717, 1.165) is 11.3 Å². The molecule has 0 aliphatic heterocycles. The van der Waals surface area contributed by atoms with Gasteiger partial charge in [-0.15, -0.1) is 11.3 Å². The summed E-state index contributed by atoms with van der Waals surface area (Å²) < 4.78 is 0. The Morgan fingerprint density at radius 2 is 2.44 bits per heavy atom. The highest BCUT2D eigenvalue weighted by Gasteiger charge is 2.25. The quantitative estimate of drug-likeness (QED) is 0.851. The summed E-state index contributed by atoms with van der Waals surface area (Å²) in [5.74, 6) is 0. The second-order valence-corrected chi connectivity index (χ2v) is 6.63. The molecule has 0 aromatic carbocycles. The maximum Gasteiger partial charge on any atom is 0.0414 e. The van der Waals surface area contributed by atoms with Gasteiger partial charge in [0.15, 0.2) is 0 Å². The average Bonchev–Trinajstić information content (AvgIpc) is 2.96. The van der Waals surface area contributed by atoms with Gasteiger partial charge in [0.25, 0.3) is 0 Å². The maximum absolute atomic E-state index is 3.83. The van der Waals surface area contributed by atoms with Gasteiger partial charge in [-0.1, -0.05) is 13.0 Å². The Kier molecular flexibility index (Phi) is 4.74. The van der Waals surface area contributed by atoms with Crippen LogP contribution in [0.25, 0.3) is 0 Å². The molecule has 0 amide bonds. The lowest BCUT2D eigenvalue weighted by molar-refractivity contribution is 0.436. The summed E-state index contributed by atoms with van der Waals surface area (Å²) in [6.45, 7) is 2.28. The van der Waals surface area contributed by atoms with Gasteiger partial charge in [0.1, 0.15) is 0 Å². The van der Waals surface area contributed by atoms with Gasteiger partial charge in [0.05, 0.1) is 0 Å². The molecule has 3 unspecified atom stereocenters. The molecule has 0 radical (unpaired) electrons. The van der Waals surface area contributed by atoms with Crippen molar-refractivity contribution in [2.45, 2.75) is 49.9 Å². The van der Waals surface area contributed by atoms with Crippen LogP contribution in [0.5, 0.6) is 0 Å². The molecule has 0 bridgehead atoms. The second-order valence-electron chi connectivity index (χ2n) is 4.51. The lowest BCUT2D eigenvalue weighted by Crippen LogP contribution is -2.30. The third kappa shape index (κ3) is 3.02. The van der Waals surface area contributed by atoms with Gasteiger partial charge in [-0.3, -0.25) is 0 Å². The fraction of sp³-hybridized carbons (Fsp3) is 0.692. The first-order valence-electron chi connectivity index (χ1n) is 6.15. The Hall–Kier alpha value is 0.01000. The molecule has 1 fully saturated rings. The summed E-state index contributed by atoms with van der Waals surface area (Å²) >= 11 is 3.91. The van der Waals surface area contributed by atoms with Gasteiger partial charge in [-0.25, -0.2) is 0 Å². The van der Waals surface area contributed by atoms with Crippen molar-refractivity contribution in [3.8, 4) is 0 Å². The first kappa shape index (κ1) is 12.5. The molecule has 0 spiro atoms. The first-order chi connectivity index (χ1) is 7.83. The number of thioether (sulfide) groups is 1. The van der Waals surface area contributed by atoms with E-state index in [4.69, 9.17) is 0 Å². The molecule has 1 heterocycles. The van der Waals surface area contributed by atoms with Gasteiger partial charge in [0.2, 0.25) is 0 Å². The van der Waals surface area contributed by atoms with Crippen molar-refractivity contribution < 1.29 is 0 Å². The molecule has 1 aromatic heterocycles. The number of rotatable bonds is 5. The van der Waals surface area contributed by atoms with E-state index in [1.807, 2.05) is 23.1 Å². The van der Waals surface area contributed by atoms with Crippen molar-refractivity contribution in [2.75, 3.05) is 6.26 Å². The Labute approximate surface area is 107 Å². The molecule has 1 aromatic rings. The van der Waals surface area contributed by atoms with Crippen molar-refractivity contribution in [1.82, 2.24) is 5.32 Å². The summed E-state index contributed by atoms with van der Waals surface area (Å²) in [6, 6.07) is 5.73. The van der Waals surface area contributed by atoms with Crippen molar-refractivity contribution in [3.05, 3.63) is 22.4 Å². The van der Waals surface area contributed by atoms with Crippen LogP contribution >= 0.6 is 23.1 Å². The molecule has 1 aliphatic carbocycles. The van der Waals surface area contributed by atoms with Crippen LogP contribution in [0.3, 0.4) is 0 Å². The topological polar surface area (TPSA) is 12.0 Å². The van der Waals surface area contributed by atoms with Crippen LogP contribution in [0.2, 0.25) is 0 Å². The zero-order chi connectivity index (χ0) is 11.4. The van der Waals surface area contributed by atoms with Gasteiger partial charge in [-0.05, 0) is 43.4 Å². The van der Waals surface area contributed by atoms with Crippen LogP contribution in [0.1, 0.15) is 43.5 Å². The van der Waals surface area contributed by atoms with E-state index < -0.39 is 0 Å². The van der Waals surface area contributed by atoms with Gasteiger partial charge >= 0.3 is 0 Å². The monoisotopic (exact) mass is 255 g/mol. The molecular weight excluding hydrogens is 234 g/mol. The summed E-state index contributed by atoms with van der Waals surface area (Å²) in [6.07, 6.45) is 7.53. The zero-order valence-corrected chi connectivity index (χ0v) is 11.7. The molecule has 3 atom stereocenters. The summed E-state index contributed by atoms with van der Waals surface area (Å²) in [5, 5.41) is 6.90. The van der Waals surface area contributed by atoms with E-state index in [1.165, 1.54) is 30.6 Å². The van der Waals surface area contributed by atoms with Crippen LogP contribution in [0, 0.1) is 0 Å². The maximum atomic E-state index is 3.83. The highest BCUT2D eigenvalue weighted by molar-refractivity contribution is 7.99. The molecule has 2 rings (SSSR count). The van der Waals surface area contributed by atoms with E-state index in [9.17, 15) is 0 Å². The lowest BCUT2D eigenvalue weighted by atomic mass is 10.1. The Morgan fingerprint density at radius 3 is 3.00 bits per heavy atom. The minimum atomic E-state index is 0.575. The lowest BCUT2D eigenvalue weighted by Gasteiger charge is -2.21. The first-order valence-corrected chi connectivity index (χ1v) is 8.32. The smallest absolute Gasteiger partial charge is 0.0414 e. The van der Waals surface area contributed by atoms with Crippen molar-refractivity contribution in [1.29, 1.82) is 0 Å². The molecule has 16 heavy (non-hydrogen) atoms. The zero-order valence-electron chi connectivity index (χ0n) is 10.1.